The van der Waals surface area contributed by atoms with Crippen LogP contribution in [-0.4, -0.2) is 37.1 Å². The molecule has 1 aliphatic heterocycles. The molecule has 0 saturated carbocycles. The summed E-state index contributed by atoms with van der Waals surface area (Å²) >= 11 is 0. The number of nitrogens with zero attached hydrogens (tertiary/aromatic N) is 5. The molecule has 7 nitrogen and oxygen atoms in total. The third-order valence-electron chi connectivity index (χ3n) is 4.60. The van der Waals surface area contributed by atoms with Crippen LogP contribution >= 0.6 is 0 Å². The second-order valence-electron chi connectivity index (χ2n) is 7.16. The Hall–Kier alpha value is -2.44. The molecule has 2 aromatic heterocycles. The van der Waals surface area contributed by atoms with Crippen molar-refractivity contribution in [3.63, 3.8) is 0 Å². The molecule has 0 aliphatic carbocycles. The number of amides is 1. The second-order valence-corrected chi connectivity index (χ2v) is 7.16. The van der Waals surface area contributed by atoms with Crippen LogP contribution in [0.2, 0.25) is 0 Å². The number of hydrogen-bond donors (Lipinski definition) is 1. The maximum Gasteiger partial charge on any atom is 0.225 e. The Bertz CT molecular complexity index is 782. The van der Waals surface area contributed by atoms with E-state index in [-0.39, 0.29) is 11.8 Å². The Morgan fingerprint density at radius 1 is 1.35 bits per heavy atom. The summed E-state index contributed by atoms with van der Waals surface area (Å²) < 4.78 is 2.01. The number of aryl methyl sites for hydroxylation is 2. The zero-order chi connectivity index (χ0) is 18.7. The van der Waals surface area contributed by atoms with Gasteiger partial charge in [-0.3, -0.25) is 9.48 Å². The van der Waals surface area contributed by atoms with Crippen molar-refractivity contribution >= 4 is 11.7 Å². The lowest BCUT2D eigenvalue weighted by molar-refractivity contribution is -0.136. The molecule has 7 heteroatoms. The van der Waals surface area contributed by atoms with Gasteiger partial charge in [-0.05, 0) is 19.4 Å². The van der Waals surface area contributed by atoms with Gasteiger partial charge in [0, 0.05) is 24.2 Å². The monoisotopic (exact) mass is 356 g/mol. The van der Waals surface area contributed by atoms with Crippen LogP contribution < -0.4 is 5.32 Å². The Morgan fingerprint density at radius 2 is 2.15 bits per heavy atom. The van der Waals surface area contributed by atoms with Crippen LogP contribution in [0.4, 0.5) is 5.82 Å². The fraction of sp³-hybridized carbons (Fsp3) is 0.579. The van der Waals surface area contributed by atoms with Crippen molar-refractivity contribution in [1.82, 2.24) is 24.6 Å². The first-order valence-corrected chi connectivity index (χ1v) is 9.38. The minimum absolute atomic E-state index is 0.0311. The summed E-state index contributed by atoms with van der Waals surface area (Å²) in [5.41, 5.74) is 3.20. The van der Waals surface area contributed by atoms with E-state index in [2.05, 4.69) is 33.4 Å². The summed E-state index contributed by atoms with van der Waals surface area (Å²) in [7, 11) is 0. The molecule has 1 amide bonds. The number of aromatic nitrogens is 4. The van der Waals surface area contributed by atoms with Gasteiger partial charge in [-0.1, -0.05) is 27.2 Å². The molecule has 0 atom stereocenters. The van der Waals surface area contributed by atoms with Gasteiger partial charge in [0.25, 0.3) is 0 Å². The Morgan fingerprint density at radius 3 is 2.88 bits per heavy atom. The van der Waals surface area contributed by atoms with E-state index in [0.29, 0.717) is 13.1 Å². The van der Waals surface area contributed by atoms with E-state index < -0.39 is 0 Å². The molecular weight excluding hydrogens is 328 g/mol. The van der Waals surface area contributed by atoms with Crippen molar-refractivity contribution in [2.45, 2.75) is 60.2 Å². The molecule has 0 aromatic carbocycles. The number of nitrogens with one attached hydrogen (secondary N) is 1. The van der Waals surface area contributed by atoms with E-state index in [1.807, 2.05) is 36.5 Å². The number of carbonyl (C=O) groups excluding carboxylic acids is 1. The van der Waals surface area contributed by atoms with Crippen LogP contribution in [0.3, 0.4) is 0 Å². The lowest BCUT2D eigenvalue weighted by Gasteiger charge is -2.29. The van der Waals surface area contributed by atoms with Gasteiger partial charge in [0.1, 0.15) is 11.6 Å². The van der Waals surface area contributed by atoms with Gasteiger partial charge in [-0.15, -0.1) is 0 Å². The molecule has 2 aromatic rings. The van der Waals surface area contributed by atoms with Gasteiger partial charge in [-0.25, -0.2) is 9.97 Å². The normalized spacial score (nSPS) is 13.8. The Labute approximate surface area is 154 Å². The molecule has 3 heterocycles. The summed E-state index contributed by atoms with van der Waals surface area (Å²) in [6.07, 6.45) is 3.91. The summed E-state index contributed by atoms with van der Waals surface area (Å²) in [4.78, 5) is 23.0. The standard InChI is InChI=1S/C19H28N6O/c1-5-6-15-10-20-14(4)22-18(15)21-11-16-9-17-12-24(19(26)13(2)3)7-8-25(17)23-16/h9-10,13H,5-8,11-12H2,1-4H3,(H,20,21,22). The smallest absolute Gasteiger partial charge is 0.225 e. The molecule has 1 N–H and O–H groups in total. The summed E-state index contributed by atoms with van der Waals surface area (Å²) in [5, 5.41) is 8.08. The highest BCUT2D eigenvalue weighted by Gasteiger charge is 2.23. The average Bonchev–Trinajstić information content (AvgIpc) is 3.03. The Kier molecular flexibility index (Phi) is 5.54. The fourth-order valence-electron chi connectivity index (χ4n) is 3.24. The van der Waals surface area contributed by atoms with Crippen LogP contribution in [0.15, 0.2) is 12.3 Å². The maximum absolute atomic E-state index is 12.2. The van der Waals surface area contributed by atoms with Crippen molar-refractivity contribution in [2.75, 3.05) is 11.9 Å². The van der Waals surface area contributed by atoms with Crippen molar-refractivity contribution in [3.8, 4) is 0 Å². The third kappa shape index (κ3) is 4.03. The van der Waals surface area contributed by atoms with Crippen LogP contribution in [-0.2, 0) is 30.8 Å². The van der Waals surface area contributed by atoms with Gasteiger partial charge in [0.15, 0.2) is 0 Å². The minimum Gasteiger partial charge on any atom is -0.364 e. The molecule has 1 aliphatic rings. The summed E-state index contributed by atoms with van der Waals surface area (Å²) in [6.45, 7) is 10.7. The molecule has 0 unspecified atom stereocenters. The molecule has 0 radical (unpaired) electrons. The minimum atomic E-state index is 0.0311. The molecule has 3 rings (SSSR count). The first-order valence-electron chi connectivity index (χ1n) is 9.38. The van der Waals surface area contributed by atoms with Gasteiger partial charge in [-0.2, -0.15) is 5.10 Å². The van der Waals surface area contributed by atoms with E-state index in [4.69, 9.17) is 0 Å². The molecule has 26 heavy (non-hydrogen) atoms. The first-order chi connectivity index (χ1) is 12.5. The van der Waals surface area contributed by atoms with E-state index in [1.54, 1.807) is 0 Å². The van der Waals surface area contributed by atoms with Crippen LogP contribution in [0.5, 0.6) is 0 Å². The van der Waals surface area contributed by atoms with E-state index in [0.717, 1.165) is 54.5 Å². The quantitative estimate of drug-likeness (QED) is 0.861. The van der Waals surface area contributed by atoms with Crippen molar-refractivity contribution in [1.29, 1.82) is 0 Å². The van der Waals surface area contributed by atoms with Crippen molar-refractivity contribution in [3.05, 3.63) is 35.0 Å². The van der Waals surface area contributed by atoms with Gasteiger partial charge < -0.3 is 10.2 Å². The number of anilines is 1. The molecule has 140 valence electrons. The van der Waals surface area contributed by atoms with Gasteiger partial charge in [0.05, 0.1) is 31.0 Å². The lowest BCUT2D eigenvalue weighted by Crippen LogP contribution is -2.40. The summed E-state index contributed by atoms with van der Waals surface area (Å²) in [6, 6.07) is 2.08. The number of hydrogen-bond acceptors (Lipinski definition) is 5. The van der Waals surface area contributed by atoms with Gasteiger partial charge >= 0.3 is 0 Å². The predicted molar refractivity (Wildman–Crippen MR) is 101 cm³/mol. The highest BCUT2D eigenvalue weighted by Crippen LogP contribution is 2.18. The molecule has 0 fully saturated rings. The molecular formula is C19H28N6O. The summed E-state index contributed by atoms with van der Waals surface area (Å²) in [5.74, 6) is 1.89. The molecule has 0 spiro atoms. The zero-order valence-electron chi connectivity index (χ0n) is 16.1. The highest BCUT2D eigenvalue weighted by molar-refractivity contribution is 5.78. The highest BCUT2D eigenvalue weighted by atomic mass is 16.2. The van der Waals surface area contributed by atoms with Crippen molar-refractivity contribution in [2.24, 2.45) is 5.92 Å². The maximum atomic E-state index is 12.2. The SMILES string of the molecule is CCCc1cnc(C)nc1NCc1cc2n(n1)CCN(C(=O)C(C)C)C2. The third-order valence-corrected chi connectivity index (χ3v) is 4.60. The van der Waals surface area contributed by atoms with Crippen LogP contribution in [0.25, 0.3) is 0 Å². The van der Waals surface area contributed by atoms with Crippen LogP contribution in [0, 0.1) is 12.8 Å². The lowest BCUT2D eigenvalue weighted by atomic mass is 10.1. The predicted octanol–water partition coefficient (Wildman–Crippen LogP) is 2.54. The fourth-order valence-corrected chi connectivity index (χ4v) is 3.24. The molecule has 0 bridgehead atoms. The first kappa shape index (κ1) is 18.4. The van der Waals surface area contributed by atoms with Crippen LogP contribution in [0.1, 0.15) is 50.0 Å². The number of rotatable bonds is 6. The largest absolute Gasteiger partial charge is 0.364 e. The number of carbonyl (C=O) groups is 1. The second kappa shape index (κ2) is 7.85. The Balaban J connectivity index is 1.68. The zero-order valence-corrected chi connectivity index (χ0v) is 16.1. The van der Waals surface area contributed by atoms with E-state index in [1.165, 1.54) is 0 Å². The van der Waals surface area contributed by atoms with Gasteiger partial charge in [0.2, 0.25) is 5.91 Å². The number of fused-ring (bicyclic) bond motifs is 1. The van der Waals surface area contributed by atoms with E-state index >= 15 is 0 Å². The van der Waals surface area contributed by atoms with E-state index in [9.17, 15) is 4.79 Å². The average molecular weight is 356 g/mol. The van der Waals surface area contributed by atoms with Crippen molar-refractivity contribution < 1.29 is 4.79 Å². The molecule has 0 saturated heterocycles. The topological polar surface area (TPSA) is 75.9 Å².